The van der Waals surface area contributed by atoms with Crippen molar-refractivity contribution in [3.63, 3.8) is 0 Å². The normalized spacial score (nSPS) is 12.0. The highest BCUT2D eigenvalue weighted by Crippen LogP contribution is 2.28. The van der Waals surface area contributed by atoms with E-state index in [1.165, 1.54) is 18.3 Å². The first-order valence-corrected chi connectivity index (χ1v) is 4.72. The van der Waals surface area contributed by atoms with Crippen molar-refractivity contribution in [1.29, 1.82) is 0 Å². The highest BCUT2D eigenvalue weighted by Gasteiger charge is 2.34. The molecule has 0 atom stereocenters. The van der Waals surface area contributed by atoms with Crippen LogP contribution in [0.1, 0.15) is 11.3 Å². The molecular formula is C10H8F3N3O. The van der Waals surface area contributed by atoms with Crippen molar-refractivity contribution >= 4 is 5.65 Å². The van der Waals surface area contributed by atoms with Crippen LogP contribution >= 0.6 is 0 Å². The lowest BCUT2D eigenvalue weighted by Gasteiger charge is -2.11. The molecule has 0 bridgehead atoms. The molecule has 0 fully saturated rings. The van der Waals surface area contributed by atoms with Crippen LogP contribution in [0.4, 0.5) is 13.2 Å². The van der Waals surface area contributed by atoms with E-state index >= 15 is 0 Å². The van der Waals surface area contributed by atoms with Crippen molar-refractivity contribution in [2.75, 3.05) is 0 Å². The third-order valence-corrected chi connectivity index (χ3v) is 2.31. The zero-order valence-electron chi connectivity index (χ0n) is 8.53. The van der Waals surface area contributed by atoms with E-state index in [4.69, 9.17) is 5.73 Å². The fourth-order valence-electron chi connectivity index (χ4n) is 1.52. The molecule has 90 valence electrons. The van der Waals surface area contributed by atoms with Gasteiger partial charge in [0.15, 0.2) is 0 Å². The molecule has 2 rings (SSSR count). The first kappa shape index (κ1) is 11.6. The molecule has 0 radical (unpaired) electrons. The maximum Gasteiger partial charge on any atom is 0.431 e. The van der Waals surface area contributed by atoms with Crippen LogP contribution in [0.3, 0.4) is 0 Å². The van der Waals surface area contributed by atoms with Crippen LogP contribution in [0.2, 0.25) is 0 Å². The van der Waals surface area contributed by atoms with E-state index in [-0.39, 0.29) is 17.8 Å². The molecule has 2 aromatic heterocycles. The van der Waals surface area contributed by atoms with Crippen LogP contribution in [-0.2, 0) is 12.7 Å². The van der Waals surface area contributed by atoms with Gasteiger partial charge < -0.3 is 5.73 Å². The molecule has 17 heavy (non-hydrogen) atoms. The van der Waals surface area contributed by atoms with Crippen LogP contribution in [0, 0.1) is 0 Å². The minimum atomic E-state index is -4.61. The molecule has 0 aliphatic heterocycles. The Balaban J connectivity index is 2.92. The molecule has 4 nitrogen and oxygen atoms in total. The number of fused-ring (bicyclic) bond motifs is 1. The second kappa shape index (κ2) is 3.85. The van der Waals surface area contributed by atoms with Crippen molar-refractivity contribution in [1.82, 2.24) is 9.38 Å². The molecule has 7 heteroatoms. The summed E-state index contributed by atoms with van der Waals surface area (Å²) in [7, 11) is 0. The average Bonchev–Trinajstić information content (AvgIpc) is 2.28. The van der Waals surface area contributed by atoms with E-state index in [0.717, 1.165) is 6.07 Å². The average molecular weight is 243 g/mol. The molecular weight excluding hydrogens is 235 g/mol. The number of hydrogen-bond donors (Lipinski definition) is 1. The molecule has 0 saturated carbocycles. The summed E-state index contributed by atoms with van der Waals surface area (Å²) in [5, 5.41) is 0. The highest BCUT2D eigenvalue weighted by atomic mass is 19.4. The maximum absolute atomic E-state index is 12.7. The van der Waals surface area contributed by atoms with Crippen molar-refractivity contribution in [3.8, 4) is 0 Å². The van der Waals surface area contributed by atoms with Gasteiger partial charge in [-0.1, -0.05) is 6.07 Å². The van der Waals surface area contributed by atoms with Crippen LogP contribution < -0.4 is 11.3 Å². The first-order valence-electron chi connectivity index (χ1n) is 4.72. The van der Waals surface area contributed by atoms with Gasteiger partial charge in [-0.2, -0.15) is 13.2 Å². The molecule has 2 aromatic rings. The molecule has 2 heterocycles. The number of pyridine rings is 1. The summed E-state index contributed by atoms with van der Waals surface area (Å²) >= 11 is 0. The summed E-state index contributed by atoms with van der Waals surface area (Å²) in [5.74, 6) is 0. The van der Waals surface area contributed by atoms with Gasteiger partial charge in [0.2, 0.25) is 0 Å². The van der Waals surface area contributed by atoms with Gasteiger partial charge >= 0.3 is 6.18 Å². The van der Waals surface area contributed by atoms with Crippen molar-refractivity contribution in [2.45, 2.75) is 12.7 Å². The summed E-state index contributed by atoms with van der Waals surface area (Å²) in [5.41, 5.74) is 3.41. The summed E-state index contributed by atoms with van der Waals surface area (Å²) in [6.07, 6.45) is -3.42. The van der Waals surface area contributed by atoms with E-state index in [1.807, 2.05) is 0 Å². The standard InChI is InChI=1S/C10H8F3N3O/c11-10(12,13)7-2-1-3-8-15-5-6(4-14)9(17)16(7)8/h1-3,5H,4,14H2. The smallest absolute Gasteiger partial charge is 0.326 e. The molecule has 0 aliphatic carbocycles. The van der Waals surface area contributed by atoms with Gasteiger partial charge in [-0.15, -0.1) is 0 Å². The minimum Gasteiger partial charge on any atom is -0.326 e. The van der Waals surface area contributed by atoms with Crippen molar-refractivity contribution < 1.29 is 13.2 Å². The second-order valence-corrected chi connectivity index (χ2v) is 3.40. The minimum absolute atomic E-state index is 0.0409. The number of nitrogens with zero attached hydrogens (tertiary/aromatic N) is 2. The van der Waals surface area contributed by atoms with E-state index in [1.54, 1.807) is 0 Å². The third-order valence-electron chi connectivity index (χ3n) is 2.31. The van der Waals surface area contributed by atoms with Gasteiger partial charge in [-0.25, -0.2) is 4.98 Å². The van der Waals surface area contributed by atoms with Gasteiger partial charge in [-0.05, 0) is 12.1 Å². The molecule has 0 spiro atoms. The number of alkyl halides is 3. The Morgan fingerprint density at radius 3 is 2.65 bits per heavy atom. The van der Waals surface area contributed by atoms with Crippen LogP contribution in [0.5, 0.6) is 0 Å². The van der Waals surface area contributed by atoms with Crippen molar-refractivity contribution in [2.24, 2.45) is 5.73 Å². The third kappa shape index (κ3) is 1.89. The Labute approximate surface area is 93.5 Å². The highest BCUT2D eigenvalue weighted by molar-refractivity contribution is 5.40. The Morgan fingerprint density at radius 1 is 1.35 bits per heavy atom. The van der Waals surface area contributed by atoms with Gasteiger partial charge in [-0.3, -0.25) is 9.20 Å². The quantitative estimate of drug-likeness (QED) is 0.817. The summed E-state index contributed by atoms with van der Waals surface area (Å²) in [6.45, 7) is -0.152. The van der Waals surface area contributed by atoms with E-state index in [2.05, 4.69) is 4.98 Å². The number of hydrogen-bond acceptors (Lipinski definition) is 3. The number of aromatic nitrogens is 2. The number of rotatable bonds is 1. The van der Waals surface area contributed by atoms with Crippen LogP contribution in [0.15, 0.2) is 29.2 Å². The largest absolute Gasteiger partial charge is 0.431 e. The Hall–Kier alpha value is -1.89. The summed E-state index contributed by atoms with van der Waals surface area (Å²) < 4.78 is 38.7. The van der Waals surface area contributed by atoms with E-state index in [9.17, 15) is 18.0 Å². The Kier molecular flexibility index (Phi) is 2.62. The second-order valence-electron chi connectivity index (χ2n) is 3.40. The van der Waals surface area contributed by atoms with E-state index in [0.29, 0.717) is 4.40 Å². The van der Waals surface area contributed by atoms with Gasteiger partial charge in [0.25, 0.3) is 5.56 Å². The number of nitrogens with two attached hydrogens (primary N) is 1. The van der Waals surface area contributed by atoms with Gasteiger partial charge in [0.1, 0.15) is 11.3 Å². The summed E-state index contributed by atoms with van der Waals surface area (Å²) in [6, 6.07) is 3.36. The predicted molar refractivity (Wildman–Crippen MR) is 54.4 cm³/mol. The fourth-order valence-corrected chi connectivity index (χ4v) is 1.52. The predicted octanol–water partition coefficient (Wildman–Crippen LogP) is 1.17. The maximum atomic E-state index is 12.7. The topological polar surface area (TPSA) is 60.4 Å². The molecule has 2 N–H and O–H groups in total. The Bertz CT molecular complexity index is 618. The first-order chi connectivity index (χ1) is 7.95. The van der Waals surface area contributed by atoms with Crippen LogP contribution in [0.25, 0.3) is 5.65 Å². The molecule has 0 aliphatic rings. The zero-order valence-corrected chi connectivity index (χ0v) is 8.53. The lowest BCUT2D eigenvalue weighted by Crippen LogP contribution is -2.26. The van der Waals surface area contributed by atoms with Crippen molar-refractivity contribution in [3.05, 3.63) is 46.0 Å². The molecule has 0 unspecified atom stereocenters. The number of halogens is 3. The molecule has 0 amide bonds. The van der Waals surface area contributed by atoms with E-state index < -0.39 is 17.4 Å². The Morgan fingerprint density at radius 2 is 2.06 bits per heavy atom. The monoisotopic (exact) mass is 243 g/mol. The summed E-state index contributed by atoms with van der Waals surface area (Å²) in [4.78, 5) is 15.5. The lowest BCUT2D eigenvalue weighted by atomic mass is 10.3. The molecule has 0 aromatic carbocycles. The van der Waals surface area contributed by atoms with Gasteiger partial charge in [0.05, 0.1) is 0 Å². The molecule has 0 saturated heterocycles. The van der Waals surface area contributed by atoms with Gasteiger partial charge in [0, 0.05) is 18.3 Å². The fraction of sp³-hybridized carbons (Fsp3) is 0.200. The SMILES string of the molecule is NCc1cnc2cccc(C(F)(F)F)n2c1=O. The van der Waals surface area contributed by atoms with Crippen LogP contribution in [-0.4, -0.2) is 9.38 Å². The zero-order chi connectivity index (χ0) is 12.6. The lowest BCUT2D eigenvalue weighted by molar-refractivity contribution is -0.142.